The molecule has 16 heavy (non-hydrogen) atoms. The molecule has 0 saturated heterocycles. The summed E-state index contributed by atoms with van der Waals surface area (Å²) in [7, 11) is 0. The average Bonchev–Trinajstić information content (AvgIpc) is 2.20. The van der Waals surface area contributed by atoms with Crippen molar-refractivity contribution in [3.63, 3.8) is 0 Å². The van der Waals surface area contributed by atoms with Crippen LogP contribution in [0, 0.1) is 23.0 Å². The van der Waals surface area contributed by atoms with Gasteiger partial charge in [0, 0.05) is 24.5 Å². The molecule has 0 saturated carbocycles. The van der Waals surface area contributed by atoms with Gasteiger partial charge in [-0.05, 0) is 18.1 Å². The molecule has 0 aliphatic heterocycles. The number of nitro groups is 1. The molecule has 0 radical (unpaired) electrons. The third-order valence-corrected chi connectivity index (χ3v) is 2.55. The third-order valence-electron chi connectivity index (χ3n) is 2.55. The highest BCUT2D eigenvalue weighted by Gasteiger charge is 2.12. The summed E-state index contributed by atoms with van der Waals surface area (Å²) in [4.78, 5) is 21.7. The van der Waals surface area contributed by atoms with Gasteiger partial charge in [0.05, 0.1) is 4.92 Å². The molecule has 0 N–H and O–H groups in total. The lowest BCUT2D eigenvalue weighted by atomic mass is 9.97. The first-order valence-corrected chi connectivity index (χ1v) is 5.18. The Hall–Kier alpha value is -1.71. The molecule has 1 aromatic rings. The number of carbonyl (C=O) groups is 1. The molecular weight excluding hydrogens is 206 g/mol. The van der Waals surface area contributed by atoms with Crippen molar-refractivity contribution in [3.05, 3.63) is 39.4 Å². The highest BCUT2D eigenvalue weighted by molar-refractivity contribution is 5.83. The predicted octanol–water partition coefficient (Wildman–Crippen LogP) is 2.67. The van der Waals surface area contributed by atoms with Crippen molar-refractivity contribution in [3.8, 4) is 0 Å². The van der Waals surface area contributed by atoms with Crippen molar-refractivity contribution in [2.24, 2.45) is 5.92 Å². The summed E-state index contributed by atoms with van der Waals surface area (Å²) in [5, 5.41) is 10.5. The van der Waals surface area contributed by atoms with Gasteiger partial charge < -0.3 is 0 Å². The number of carbonyl (C=O) groups excluding carboxylic acids is 1. The highest BCUT2D eigenvalue weighted by atomic mass is 16.6. The fraction of sp³-hybridized carbons (Fsp3) is 0.417. The van der Waals surface area contributed by atoms with Crippen molar-refractivity contribution in [2.75, 3.05) is 0 Å². The molecule has 86 valence electrons. The number of nitro benzene ring substituents is 1. The van der Waals surface area contributed by atoms with Gasteiger partial charge in [-0.1, -0.05) is 19.9 Å². The molecule has 0 bridgehead atoms. The number of ketones is 1. The summed E-state index contributed by atoms with van der Waals surface area (Å²) in [6.45, 7) is 5.49. The van der Waals surface area contributed by atoms with Gasteiger partial charge in [-0.15, -0.1) is 0 Å². The van der Waals surface area contributed by atoms with Crippen LogP contribution in [0.4, 0.5) is 5.69 Å². The van der Waals surface area contributed by atoms with Gasteiger partial charge >= 0.3 is 0 Å². The maximum atomic E-state index is 11.5. The molecule has 0 heterocycles. The molecule has 1 rings (SSSR count). The van der Waals surface area contributed by atoms with E-state index in [2.05, 4.69) is 0 Å². The number of non-ortho nitro benzene ring substituents is 1. The summed E-state index contributed by atoms with van der Waals surface area (Å²) in [5.74, 6) is 0.145. The van der Waals surface area contributed by atoms with Crippen LogP contribution in [0.2, 0.25) is 0 Å². The van der Waals surface area contributed by atoms with Crippen molar-refractivity contribution in [1.82, 2.24) is 0 Å². The van der Waals surface area contributed by atoms with Crippen molar-refractivity contribution >= 4 is 11.5 Å². The minimum Gasteiger partial charge on any atom is -0.299 e. The summed E-state index contributed by atoms with van der Waals surface area (Å²) in [6.07, 6.45) is 0.349. The van der Waals surface area contributed by atoms with Crippen LogP contribution in [0.3, 0.4) is 0 Å². The van der Waals surface area contributed by atoms with E-state index in [1.165, 1.54) is 12.1 Å². The Kier molecular flexibility index (Phi) is 3.77. The van der Waals surface area contributed by atoms with E-state index in [9.17, 15) is 14.9 Å². The van der Waals surface area contributed by atoms with Crippen LogP contribution < -0.4 is 0 Å². The smallest absolute Gasteiger partial charge is 0.269 e. The molecular formula is C12H15NO3. The molecule has 0 aliphatic rings. The monoisotopic (exact) mass is 221 g/mol. The Morgan fingerprint density at radius 1 is 1.44 bits per heavy atom. The largest absolute Gasteiger partial charge is 0.299 e. The number of aryl methyl sites for hydroxylation is 1. The first-order valence-electron chi connectivity index (χ1n) is 5.18. The normalized spacial score (nSPS) is 10.5. The minimum absolute atomic E-state index is 0.00501. The van der Waals surface area contributed by atoms with E-state index in [0.717, 1.165) is 11.1 Å². The Morgan fingerprint density at radius 3 is 2.50 bits per heavy atom. The number of nitrogens with zero attached hydrogens (tertiary/aromatic N) is 1. The van der Waals surface area contributed by atoms with E-state index in [4.69, 9.17) is 0 Å². The molecule has 4 heteroatoms. The first-order chi connectivity index (χ1) is 7.41. The summed E-state index contributed by atoms with van der Waals surface area (Å²) in [6, 6.07) is 4.60. The van der Waals surface area contributed by atoms with Crippen LogP contribution in [-0.4, -0.2) is 10.7 Å². The number of Topliss-reactive ketones (excluding diaryl/α,β-unsaturated/α-hetero) is 1. The summed E-state index contributed by atoms with van der Waals surface area (Å²) < 4.78 is 0. The van der Waals surface area contributed by atoms with Crippen LogP contribution in [0.1, 0.15) is 25.0 Å². The van der Waals surface area contributed by atoms with E-state index >= 15 is 0 Å². The van der Waals surface area contributed by atoms with E-state index in [0.29, 0.717) is 6.42 Å². The third kappa shape index (κ3) is 2.89. The fourth-order valence-electron chi connectivity index (χ4n) is 1.38. The van der Waals surface area contributed by atoms with E-state index < -0.39 is 4.92 Å². The van der Waals surface area contributed by atoms with Crippen molar-refractivity contribution in [2.45, 2.75) is 27.2 Å². The van der Waals surface area contributed by atoms with Crippen LogP contribution in [0.15, 0.2) is 18.2 Å². The predicted molar refractivity (Wildman–Crippen MR) is 61.4 cm³/mol. The maximum Gasteiger partial charge on any atom is 0.269 e. The fourth-order valence-corrected chi connectivity index (χ4v) is 1.38. The van der Waals surface area contributed by atoms with Gasteiger partial charge in [-0.2, -0.15) is 0 Å². The van der Waals surface area contributed by atoms with Crippen molar-refractivity contribution in [1.29, 1.82) is 0 Å². The number of hydrogen-bond acceptors (Lipinski definition) is 3. The van der Waals surface area contributed by atoms with Crippen LogP contribution in [0.25, 0.3) is 0 Å². The minimum atomic E-state index is -0.430. The van der Waals surface area contributed by atoms with Gasteiger partial charge in [-0.3, -0.25) is 14.9 Å². The lowest BCUT2D eigenvalue weighted by molar-refractivity contribution is -0.384. The van der Waals surface area contributed by atoms with Gasteiger partial charge in [0.15, 0.2) is 0 Å². The quantitative estimate of drug-likeness (QED) is 0.580. The average molecular weight is 221 g/mol. The summed E-state index contributed by atoms with van der Waals surface area (Å²) >= 11 is 0. The van der Waals surface area contributed by atoms with Crippen LogP contribution >= 0.6 is 0 Å². The van der Waals surface area contributed by atoms with E-state index in [-0.39, 0.29) is 17.4 Å². The number of rotatable bonds is 4. The van der Waals surface area contributed by atoms with Gasteiger partial charge in [-0.25, -0.2) is 0 Å². The SMILES string of the molecule is Cc1cc([N+](=O)[O-])ccc1CC(=O)C(C)C. The van der Waals surface area contributed by atoms with Crippen molar-refractivity contribution < 1.29 is 9.72 Å². The Bertz CT molecular complexity index is 424. The van der Waals surface area contributed by atoms with Crippen LogP contribution in [0.5, 0.6) is 0 Å². The molecule has 0 amide bonds. The van der Waals surface area contributed by atoms with E-state index in [1.807, 2.05) is 13.8 Å². The zero-order chi connectivity index (χ0) is 12.3. The van der Waals surface area contributed by atoms with Gasteiger partial charge in [0.25, 0.3) is 5.69 Å². The first kappa shape index (κ1) is 12.4. The molecule has 4 nitrogen and oxygen atoms in total. The Balaban J connectivity index is 2.91. The zero-order valence-electron chi connectivity index (χ0n) is 9.69. The lowest BCUT2D eigenvalue weighted by Gasteiger charge is -2.06. The second-order valence-corrected chi connectivity index (χ2v) is 4.17. The maximum absolute atomic E-state index is 11.5. The van der Waals surface area contributed by atoms with E-state index in [1.54, 1.807) is 13.0 Å². The lowest BCUT2D eigenvalue weighted by Crippen LogP contribution is -2.11. The van der Waals surface area contributed by atoms with Crippen LogP contribution in [-0.2, 0) is 11.2 Å². The van der Waals surface area contributed by atoms with Gasteiger partial charge in [0.1, 0.15) is 5.78 Å². The standard InChI is InChI=1S/C12H15NO3/c1-8(2)12(14)7-10-4-5-11(13(15)16)6-9(10)3/h4-6,8H,7H2,1-3H3. The highest BCUT2D eigenvalue weighted by Crippen LogP contribution is 2.18. The molecule has 1 aromatic carbocycles. The molecule has 0 unspecified atom stereocenters. The number of hydrogen-bond donors (Lipinski definition) is 0. The molecule has 0 atom stereocenters. The molecule has 0 aromatic heterocycles. The Labute approximate surface area is 94.4 Å². The second kappa shape index (κ2) is 4.88. The topological polar surface area (TPSA) is 60.2 Å². The Morgan fingerprint density at radius 2 is 2.06 bits per heavy atom. The molecule has 0 aliphatic carbocycles. The molecule has 0 fully saturated rings. The van der Waals surface area contributed by atoms with Gasteiger partial charge in [0.2, 0.25) is 0 Å². The zero-order valence-corrected chi connectivity index (χ0v) is 9.69. The second-order valence-electron chi connectivity index (χ2n) is 4.17. The summed E-state index contributed by atoms with van der Waals surface area (Å²) in [5.41, 5.74) is 1.73. The molecule has 0 spiro atoms. The number of benzene rings is 1.